The quantitative estimate of drug-likeness (QED) is 0.899. The Kier molecular flexibility index (Phi) is 3.39. The van der Waals surface area contributed by atoms with E-state index in [9.17, 15) is 9.59 Å². The van der Waals surface area contributed by atoms with Crippen LogP contribution >= 0.6 is 15.9 Å². The van der Waals surface area contributed by atoms with Crippen molar-refractivity contribution in [2.75, 3.05) is 0 Å². The second kappa shape index (κ2) is 4.85. The van der Waals surface area contributed by atoms with Crippen molar-refractivity contribution in [3.63, 3.8) is 0 Å². The maximum atomic E-state index is 10.9. The highest BCUT2D eigenvalue weighted by molar-refractivity contribution is 9.10. The van der Waals surface area contributed by atoms with E-state index in [1.807, 2.05) is 13.0 Å². The summed E-state index contributed by atoms with van der Waals surface area (Å²) in [5.41, 5.74) is 0.788. The van der Waals surface area contributed by atoms with E-state index in [1.165, 1.54) is 0 Å². The molecule has 1 aromatic heterocycles. The van der Waals surface area contributed by atoms with E-state index in [1.54, 1.807) is 12.1 Å². The van der Waals surface area contributed by atoms with E-state index >= 15 is 0 Å². The van der Waals surface area contributed by atoms with Crippen molar-refractivity contribution in [2.24, 2.45) is 0 Å². The van der Waals surface area contributed by atoms with Crippen LogP contribution in [0.3, 0.4) is 0 Å². The van der Waals surface area contributed by atoms with Crippen LogP contribution in [0.25, 0.3) is 11.5 Å². The summed E-state index contributed by atoms with van der Waals surface area (Å²) >= 11 is 3.28. The van der Waals surface area contributed by atoms with Crippen molar-refractivity contribution in [1.29, 1.82) is 0 Å². The number of aromatic nitrogens is 1. The Morgan fingerprint density at radius 2 is 1.95 bits per heavy atom. The number of oxazole rings is 1. The largest absolute Gasteiger partial charge is 0.476 e. The number of benzene rings is 1. The third-order valence-corrected chi connectivity index (χ3v) is 3.07. The van der Waals surface area contributed by atoms with Gasteiger partial charge in [-0.3, -0.25) is 0 Å². The number of aryl methyl sites for hydroxylation is 1. The van der Waals surface area contributed by atoms with E-state index in [2.05, 4.69) is 20.9 Å². The molecule has 0 fully saturated rings. The lowest BCUT2D eigenvalue weighted by molar-refractivity contribution is 0.0624. The van der Waals surface area contributed by atoms with E-state index < -0.39 is 23.4 Å². The molecule has 0 amide bonds. The molecule has 0 atom stereocenters. The molecule has 0 saturated heterocycles. The minimum absolute atomic E-state index is 0.0506. The van der Waals surface area contributed by atoms with Crippen molar-refractivity contribution in [3.05, 3.63) is 39.7 Å². The molecular weight excluding hydrogens is 318 g/mol. The summed E-state index contributed by atoms with van der Waals surface area (Å²) in [5.74, 6) is -3.66. The molecule has 0 aliphatic rings. The Morgan fingerprint density at radius 1 is 1.26 bits per heavy atom. The fraction of sp³-hybridized carbons (Fsp3) is 0.0833. The summed E-state index contributed by atoms with van der Waals surface area (Å²) in [7, 11) is 0. The molecule has 1 aromatic carbocycles. The summed E-state index contributed by atoms with van der Waals surface area (Å²) in [6.07, 6.45) is 0. The fourth-order valence-corrected chi connectivity index (χ4v) is 1.94. The summed E-state index contributed by atoms with van der Waals surface area (Å²) in [5, 5.41) is 17.8. The normalized spacial score (nSPS) is 10.4. The Balaban J connectivity index is 2.64. The predicted octanol–water partition coefficient (Wildman–Crippen LogP) is 2.81. The van der Waals surface area contributed by atoms with Crippen LogP contribution < -0.4 is 0 Å². The van der Waals surface area contributed by atoms with Gasteiger partial charge in [-0.1, -0.05) is 11.6 Å². The third-order valence-electron chi connectivity index (χ3n) is 2.38. The van der Waals surface area contributed by atoms with Crippen molar-refractivity contribution >= 4 is 27.9 Å². The van der Waals surface area contributed by atoms with Gasteiger partial charge in [-0.25, -0.2) is 14.6 Å². The molecule has 2 aromatic rings. The summed E-state index contributed by atoms with van der Waals surface area (Å²) < 4.78 is 5.67. The summed E-state index contributed by atoms with van der Waals surface area (Å²) in [4.78, 5) is 25.6. The number of nitrogens with zero attached hydrogens (tertiary/aromatic N) is 1. The smallest absolute Gasteiger partial charge is 0.374 e. The Hall–Kier alpha value is -2.15. The first-order chi connectivity index (χ1) is 8.90. The molecule has 0 bridgehead atoms. The fourth-order valence-electron chi connectivity index (χ4n) is 1.53. The molecule has 0 aliphatic carbocycles. The van der Waals surface area contributed by atoms with Gasteiger partial charge in [0.25, 0.3) is 0 Å². The van der Waals surface area contributed by atoms with Gasteiger partial charge >= 0.3 is 11.9 Å². The number of carbonyl (C=O) groups is 2. The van der Waals surface area contributed by atoms with Gasteiger partial charge in [-0.15, -0.1) is 0 Å². The van der Waals surface area contributed by atoms with Crippen molar-refractivity contribution in [1.82, 2.24) is 4.98 Å². The molecule has 0 radical (unpaired) electrons. The van der Waals surface area contributed by atoms with Crippen LogP contribution in [-0.2, 0) is 0 Å². The predicted molar refractivity (Wildman–Crippen MR) is 68.3 cm³/mol. The minimum atomic E-state index is -1.47. The molecule has 6 nitrogen and oxygen atoms in total. The van der Waals surface area contributed by atoms with Crippen LogP contribution in [0.1, 0.15) is 26.6 Å². The van der Waals surface area contributed by atoms with E-state index in [4.69, 9.17) is 14.6 Å². The lowest BCUT2D eigenvalue weighted by Gasteiger charge is -2.00. The zero-order valence-corrected chi connectivity index (χ0v) is 11.3. The second-order valence-corrected chi connectivity index (χ2v) is 4.64. The maximum absolute atomic E-state index is 10.9. The SMILES string of the molecule is Cc1ccc(Br)c(-c2nc(C(=O)O)c(C(=O)O)o2)c1. The Morgan fingerprint density at radius 3 is 2.47 bits per heavy atom. The topological polar surface area (TPSA) is 101 Å². The van der Waals surface area contributed by atoms with Crippen LogP contribution in [0.5, 0.6) is 0 Å². The number of hydrogen-bond donors (Lipinski definition) is 2. The van der Waals surface area contributed by atoms with Crippen molar-refractivity contribution in [3.8, 4) is 11.5 Å². The van der Waals surface area contributed by atoms with Gasteiger partial charge in [0.05, 0.1) is 5.56 Å². The minimum Gasteiger partial charge on any atom is -0.476 e. The van der Waals surface area contributed by atoms with Gasteiger partial charge < -0.3 is 14.6 Å². The van der Waals surface area contributed by atoms with Gasteiger partial charge in [0, 0.05) is 4.47 Å². The molecule has 19 heavy (non-hydrogen) atoms. The molecular formula is C12H8BrNO5. The van der Waals surface area contributed by atoms with Gasteiger partial charge in [0.15, 0.2) is 0 Å². The molecule has 2 N–H and O–H groups in total. The lowest BCUT2D eigenvalue weighted by atomic mass is 10.1. The van der Waals surface area contributed by atoms with Gasteiger partial charge in [0.2, 0.25) is 17.3 Å². The van der Waals surface area contributed by atoms with Crippen LogP contribution in [0.2, 0.25) is 0 Å². The van der Waals surface area contributed by atoms with E-state index in [-0.39, 0.29) is 5.89 Å². The number of carboxylic acid groups (broad SMARTS) is 2. The molecule has 0 saturated carbocycles. The zero-order valence-electron chi connectivity index (χ0n) is 9.68. The average Bonchev–Trinajstić information content (AvgIpc) is 2.77. The third kappa shape index (κ3) is 2.50. The highest BCUT2D eigenvalue weighted by Gasteiger charge is 2.26. The molecule has 7 heteroatoms. The Labute approximate surface area is 115 Å². The van der Waals surface area contributed by atoms with E-state index in [0.717, 1.165) is 5.56 Å². The van der Waals surface area contributed by atoms with Crippen LogP contribution in [0.4, 0.5) is 0 Å². The monoisotopic (exact) mass is 325 g/mol. The highest BCUT2D eigenvalue weighted by Crippen LogP contribution is 2.30. The number of rotatable bonds is 3. The Bertz CT molecular complexity index is 645. The first-order valence-corrected chi connectivity index (χ1v) is 5.93. The molecule has 0 unspecified atom stereocenters. The van der Waals surface area contributed by atoms with Crippen molar-refractivity contribution in [2.45, 2.75) is 6.92 Å². The summed E-state index contributed by atoms with van der Waals surface area (Å²) in [6.45, 7) is 1.84. The number of halogens is 1. The number of hydrogen-bond acceptors (Lipinski definition) is 4. The molecule has 0 spiro atoms. The van der Waals surface area contributed by atoms with Crippen molar-refractivity contribution < 1.29 is 24.2 Å². The van der Waals surface area contributed by atoms with Crippen LogP contribution in [0.15, 0.2) is 27.1 Å². The van der Waals surface area contributed by atoms with Crippen LogP contribution in [-0.4, -0.2) is 27.1 Å². The maximum Gasteiger partial charge on any atom is 0.374 e. The molecule has 2 rings (SSSR count). The highest BCUT2D eigenvalue weighted by atomic mass is 79.9. The standard InChI is InChI=1S/C12H8BrNO5/c1-5-2-3-7(13)6(4-5)10-14-8(11(15)16)9(19-10)12(17)18/h2-4H,1H3,(H,15,16)(H,17,18). The molecule has 1 heterocycles. The average molecular weight is 326 g/mol. The first kappa shape index (κ1) is 13.3. The second-order valence-electron chi connectivity index (χ2n) is 3.79. The van der Waals surface area contributed by atoms with E-state index in [0.29, 0.717) is 10.0 Å². The first-order valence-electron chi connectivity index (χ1n) is 5.14. The number of carboxylic acids is 2. The summed E-state index contributed by atoms with van der Waals surface area (Å²) in [6, 6.07) is 5.30. The number of aromatic carboxylic acids is 2. The van der Waals surface area contributed by atoms with Gasteiger partial charge in [-0.2, -0.15) is 0 Å². The van der Waals surface area contributed by atoms with Crippen LogP contribution in [0, 0.1) is 6.92 Å². The van der Waals surface area contributed by atoms with Gasteiger partial charge in [-0.05, 0) is 35.0 Å². The molecule has 98 valence electrons. The zero-order chi connectivity index (χ0) is 14.2. The van der Waals surface area contributed by atoms with Gasteiger partial charge in [0.1, 0.15) is 0 Å². The lowest BCUT2D eigenvalue weighted by Crippen LogP contribution is -2.05. The molecule has 0 aliphatic heterocycles.